The minimum Gasteiger partial charge on any atom is -0.384 e. The minimum absolute atomic E-state index is 0.575. The Kier molecular flexibility index (Phi) is 4.20. The second-order valence-electron chi connectivity index (χ2n) is 4.93. The molecule has 3 N–H and O–H groups in total. The predicted molar refractivity (Wildman–Crippen MR) is 72.0 cm³/mol. The number of anilines is 2. The zero-order valence-electron chi connectivity index (χ0n) is 10.5. The van der Waals surface area contributed by atoms with Crippen LogP contribution in [0, 0.1) is 5.92 Å². The molecule has 0 bridgehead atoms. The molecule has 2 heterocycles. The van der Waals surface area contributed by atoms with Gasteiger partial charge in [-0.2, -0.15) is 0 Å². The summed E-state index contributed by atoms with van der Waals surface area (Å²) < 4.78 is 0. The Morgan fingerprint density at radius 2 is 2.18 bits per heavy atom. The second-order valence-corrected chi connectivity index (χ2v) is 4.93. The van der Waals surface area contributed by atoms with Gasteiger partial charge in [0.05, 0.1) is 11.9 Å². The lowest BCUT2D eigenvalue weighted by Gasteiger charge is -2.28. The van der Waals surface area contributed by atoms with Gasteiger partial charge < -0.3 is 16.0 Å². The molecule has 94 valence electrons. The quantitative estimate of drug-likeness (QED) is 0.834. The number of nitrogens with two attached hydrogens (primary N) is 1. The third-order valence-corrected chi connectivity index (χ3v) is 3.51. The van der Waals surface area contributed by atoms with Crippen molar-refractivity contribution in [3.8, 4) is 0 Å². The number of likely N-dealkylation sites (tertiary alicyclic amines) is 1. The van der Waals surface area contributed by atoms with Gasteiger partial charge in [0.25, 0.3) is 0 Å². The largest absolute Gasteiger partial charge is 0.384 e. The molecule has 0 radical (unpaired) electrons. The van der Waals surface area contributed by atoms with Gasteiger partial charge in [0, 0.05) is 6.54 Å². The molecule has 1 saturated heterocycles. The minimum atomic E-state index is 0.575. The van der Waals surface area contributed by atoms with Crippen molar-refractivity contribution in [3.05, 3.63) is 18.3 Å². The predicted octanol–water partition coefficient (Wildman–Crippen LogP) is 1.81. The molecule has 0 unspecified atom stereocenters. The molecular weight excluding hydrogens is 212 g/mol. The van der Waals surface area contributed by atoms with Gasteiger partial charge in [0.15, 0.2) is 0 Å². The van der Waals surface area contributed by atoms with Crippen molar-refractivity contribution in [2.24, 2.45) is 5.92 Å². The second kappa shape index (κ2) is 5.87. The van der Waals surface area contributed by atoms with Crippen LogP contribution in [-0.4, -0.2) is 36.6 Å². The van der Waals surface area contributed by atoms with Crippen LogP contribution >= 0.6 is 0 Å². The lowest BCUT2D eigenvalue weighted by atomic mass is 9.94. The van der Waals surface area contributed by atoms with Crippen molar-refractivity contribution in [3.63, 3.8) is 0 Å². The van der Waals surface area contributed by atoms with Crippen LogP contribution in [0.25, 0.3) is 0 Å². The summed E-state index contributed by atoms with van der Waals surface area (Å²) in [7, 11) is 2.20. The SMILES string of the molecule is CN1CCC(CCNc2ccc(N)nc2)CC1. The smallest absolute Gasteiger partial charge is 0.123 e. The maximum Gasteiger partial charge on any atom is 0.123 e. The van der Waals surface area contributed by atoms with E-state index in [1.807, 2.05) is 12.1 Å². The van der Waals surface area contributed by atoms with Gasteiger partial charge in [-0.3, -0.25) is 0 Å². The Labute approximate surface area is 103 Å². The van der Waals surface area contributed by atoms with Crippen LogP contribution < -0.4 is 11.1 Å². The number of rotatable bonds is 4. The molecule has 4 heteroatoms. The molecule has 0 amide bonds. The lowest BCUT2D eigenvalue weighted by molar-refractivity contribution is 0.215. The van der Waals surface area contributed by atoms with Gasteiger partial charge in [-0.1, -0.05) is 0 Å². The van der Waals surface area contributed by atoms with Gasteiger partial charge in [0.1, 0.15) is 5.82 Å². The highest BCUT2D eigenvalue weighted by molar-refractivity contribution is 5.45. The van der Waals surface area contributed by atoms with Gasteiger partial charge in [-0.05, 0) is 57.5 Å². The summed E-state index contributed by atoms with van der Waals surface area (Å²) in [5.74, 6) is 1.45. The third kappa shape index (κ3) is 3.89. The summed E-state index contributed by atoms with van der Waals surface area (Å²) in [4.78, 5) is 6.47. The maximum atomic E-state index is 5.54. The molecule has 4 nitrogen and oxygen atoms in total. The van der Waals surface area contributed by atoms with Crippen LogP contribution in [0.15, 0.2) is 18.3 Å². The summed E-state index contributed by atoms with van der Waals surface area (Å²) >= 11 is 0. The first kappa shape index (κ1) is 12.2. The number of pyridine rings is 1. The molecule has 0 aromatic carbocycles. The van der Waals surface area contributed by atoms with Crippen LogP contribution in [-0.2, 0) is 0 Å². The highest BCUT2D eigenvalue weighted by atomic mass is 15.1. The summed E-state index contributed by atoms with van der Waals surface area (Å²) in [6.45, 7) is 3.52. The van der Waals surface area contributed by atoms with E-state index < -0.39 is 0 Å². The van der Waals surface area contributed by atoms with Crippen molar-refractivity contribution >= 4 is 11.5 Å². The lowest BCUT2D eigenvalue weighted by Crippen LogP contribution is -2.30. The number of hydrogen-bond donors (Lipinski definition) is 2. The van der Waals surface area contributed by atoms with E-state index >= 15 is 0 Å². The summed E-state index contributed by atoms with van der Waals surface area (Å²) in [5, 5.41) is 3.40. The van der Waals surface area contributed by atoms with E-state index in [2.05, 4.69) is 22.2 Å². The van der Waals surface area contributed by atoms with Gasteiger partial charge in [0.2, 0.25) is 0 Å². The van der Waals surface area contributed by atoms with Crippen molar-refractivity contribution < 1.29 is 0 Å². The molecular formula is C13H22N4. The van der Waals surface area contributed by atoms with Gasteiger partial charge >= 0.3 is 0 Å². The van der Waals surface area contributed by atoms with E-state index in [4.69, 9.17) is 5.73 Å². The van der Waals surface area contributed by atoms with Crippen LogP contribution in [0.2, 0.25) is 0 Å². The van der Waals surface area contributed by atoms with E-state index in [1.54, 1.807) is 6.20 Å². The Morgan fingerprint density at radius 3 is 2.82 bits per heavy atom. The topological polar surface area (TPSA) is 54.2 Å². The van der Waals surface area contributed by atoms with Crippen molar-refractivity contribution in [2.75, 3.05) is 37.7 Å². The third-order valence-electron chi connectivity index (χ3n) is 3.51. The zero-order chi connectivity index (χ0) is 12.1. The average Bonchev–Trinajstić information content (AvgIpc) is 2.34. The number of nitrogen functional groups attached to an aromatic ring is 1. The highest BCUT2D eigenvalue weighted by Crippen LogP contribution is 2.19. The van der Waals surface area contributed by atoms with Crippen molar-refractivity contribution in [1.29, 1.82) is 0 Å². The fraction of sp³-hybridized carbons (Fsp3) is 0.615. The summed E-state index contributed by atoms with van der Waals surface area (Å²) in [6, 6.07) is 3.81. The number of nitrogens with one attached hydrogen (secondary N) is 1. The molecule has 2 rings (SSSR count). The van der Waals surface area contributed by atoms with Gasteiger partial charge in [-0.15, -0.1) is 0 Å². The van der Waals surface area contributed by atoms with Gasteiger partial charge in [-0.25, -0.2) is 4.98 Å². The van der Waals surface area contributed by atoms with Crippen LogP contribution in [0.4, 0.5) is 11.5 Å². The molecule has 1 fully saturated rings. The standard InChI is InChI=1S/C13H22N4/c1-17-8-5-11(6-9-17)4-7-15-12-2-3-13(14)16-10-12/h2-3,10-11,15H,4-9H2,1H3,(H2,14,16). The molecule has 1 aliphatic rings. The Balaban J connectivity index is 1.67. The highest BCUT2D eigenvalue weighted by Gasteiger charge is 2.15. The van der Waals surface area contributed by atoms with Crippen LogP contribution in [0.1, 0.15) is 19.3 Å². The molecule has 0 spiro atoms. The number of nitrogens with zero attached hydrogens (tertiary/aromatic N) is 2. The Hall–Kier alpha value is -1.29. The van der Waals surface area contributed by atoms with E-state index in [9.17, 15) is 0 Å². The van der Waals surface area contributed by atoms with E-state index in [0.29, 0.717) is 5.82 Å². The molecule has 0 atom stereocenters. The number of piperidine rings is 1. The first-order chi connectivity index (χ1) is 8.24. The summed E-state index contributed by atoms with van der Waals surface area (Å²) in [6.07, 6.45) is 5.71. The number of hydrogen-bond acceptors (Lipinski definition) is 4. The summed E-state index contributed by atoms with van der Waals surface area (Å²) in [5.41, 5.74) is 6.60. The first-order valence-corrected chi connectivity index (χ1v) is 6.38. The molecule has 0 aliphatic carbocycles. The first-order valence-electron chi connectivity index (χ1n) is 6.38. The van der Waals surface area contributed by atoms with E-state index in [0.717, 1.165) is 18.2 Å². The fourth-order valence-electron chi connectivity index (χ4n) is 2.28. The zero-order valence-corrected chi connectivity index (χ0v) is 10.5. The van der Waals surface area contributed by atoms with E-state index in [1.165, 1.54) is 32.4 Å². The molecule has 1 aromatic rings. The Morgan fingerprint density at radius 1 is 1.41 bits per heavy atom. The molecule has 1 aromatic heterocycles. The normalized spacial score (nSPS) is 18.2. The van der Waals surface area contributed by atoms with Crippen LogP contribution in [0.3, 0.4) is 0 Å². The monoisotopic (exact) mass is 234 g/mol. The number of aromatic nitrogens is 1. The molecule has 17 heavy (non-hydrogen) atoms. The average molecular weight is 234 g/mol. The fourth-order valence-corrected chi connectivity index (χ4v) is 2.28. The van der Waals surface area contributed by atoms with E-state index in [-0.39, 0.29) is 0 Å². The molecule has 0 saturated carbocycles. The van der Waals surface area contributed by atoms with Crippen molar-refractivity contribution in [1.82, 2.24) is 9.88 Å². The molecule has 1 aliphatic heterocycles. The Bertz CT molecular complexity index is 328. The maximum absolute atomic E-state index is 5.54. The van der Waals surface area contributed by atoms with Crippen molar-refractivity contribution in [2.45, 2.75) is 19.3 Å². The van der Waals surface area contributed by atoms with Crippen LogP contribution in [0.5, 0.6) is 0 Å².